The molecule has 2 aliphatic rings. The summed E-state index contributed by atoms with van der Waals surface area (Å²) in [7, 11) is 0. The first-order valence-corrected chi connectivity index (χ1v) is 6.93. The smallest absolute Gasteiger partial charge is 0.378 e. The summed E-state index contributed by atoms with van der Waals surface area (Å²) in [4.78, 5) is 28.4. The summed E-state index contributed by atoms with van der Waals surface area (Å²) >= 11 is 0.762. The maximum absolute atomic E-state index is 12.5. The van der Waals surface area contributed by atoms with Gasteiger partial charge in [-0.1, -0.05) is 0 Å². The molecule has 10 heteroatoms. The molecule has 0 aromatic carbocycles. The Balaban J connectivity index is 1.77. The SMILES string of the molecule is O=C1NC2(CCOC2)C(=O)N1Cc1nc(C(F)(F)F)cs1. The third kappa shape index (κ3) is 2.38. The molecule has 2 saturated heterocycles. The highest BCUT2D eigenvalue weighted by atomic mass is 32.1. The first-order chi connectivity index (χ1) is 9.82. The largest absolute Gasteiger partial charge is 0.434 e. The maximum Gasteiger partial charge on any atom is 0.434 e. The molecule has 0 bridgehead atoms. The fourth-order valence-electron chi connectivity index (χ4n) is 2.30. The zero-order chi connectivity index (χ0) is 15.3. The fourth-order valence-corrected chi connectivity index (χ4v) is 3.09. The molecule has 2 aliphatic heterocycles. The van der Waals surface area contributed by atoms with Gasteiger partial charge in [0.15, 0.2) is 5.69 Å². The van der Waals surface area contributed by atoms with E-state index in [1.807, 2.05) is 0 Å². The number of carbonyl (C=O) groups excluding carboxylic acids is 2. The molecule has 1 N–H and O–H groups in total. The monoisotopic (exact) mass is 321 g/mol. The van der Waals surface area contributed by atoms with E-state index in [1.165, 1.54) is 0 Å². The van der Waals surface area contributed by atoms with Crippen LogP contribution >= 0.6 is 11.3 Å². The van der Waals surface area contributed by atoms with Gasteiger partial charge in [0.05, 0.1) is 13.2 Å². The average Bonchev–Trinajstić information content (AvgIpc) is 3.07. The van der Waals surface area contributed by atoms with E-state index in [0.29, 0.717) is 13.0 Å². The highest BCUT2D eigenvalue weighted by Crippen LogP contribution is 2.32. The molecule has 1 atom stereocenters. The minimum Gasteiger partial charge on any atom is -0.378 e. The number of carbonyl (C=O) groups is 2. The van der Waals surface area contributed by atoms with E-state index in [1.54, 1.807) is 0 Å². The summed E-state index contributed by atoms with van der Waals surface area (Å²) in [6.45, 7) is 0.169. The topological polar surface area (TPSA) is 71.5 Å². The normalized spacial score (nSPS) is 26.0. The molecule has 0 aliphatic carbocycles. The van der Waals surface area contributed by atoms with Crippen LogP contribution in [-0.2, 0) is 22.3 Å². The van der Waals surface area contributed by atoms with Crippen molar-refractivity contribution in [2.45, 2.75) is 24.7 Å². The van der Waals surface area contributed by atoms with E-state index in [2.05, 4.69) is 10.3 Å². The van der Waals surface area contributed by atoms with Crippen molar-refractivity contribution in [3.63, 3.8) is 0 Å². The molecule has 1 aromatic rings. The summed E-state index contributed by atoms with van der Waals surface area (Å²) in [5.41, 5.74) is -2.09. The van der Waals surface area contributed by atoms with Gasteiger partial charge in [-0.05, 0) is 0 Å². The summed E-state index contributed by atoms with van der Waals surface area (Å²) in [5.74, 6) is -0.478. The third-order valence-corrected chi connectivity index (χ3v) is 4.24. The van der Waals surface area contributed by atoms with Crippen molar-refractivity contribution >= 4 is 23.3 Å². The van der Waals surface area contributed by atoms with Crippen LogP contribution in [0.2, 0.25) is 0 Å². The predicted octanol–water partition coefficient (Wildman–Crippen LogP) is 1.37. The molecule has 0 radical (unpaired) electrons. The van der Waals surface area contributed by atoms with Crippen LogP contribution in [-0.4, -0.2) is 40.6 Å². The molecule has 1 unspecified atom stereocenters. The van der Waals surface area contributed by atoms with E-state index >= 15 is 0 Å². The Morgan fingerprint density at radius 2 is 2.24 bits per heavy atom. The lowest BCUT2D eigenvalue weighted by molar-refractivity contribution is -0.140. The van der Waals surface area contributed by atoms with E-state index in [-0.39, 0.29) is 18.2 Å². The molecule has 3 heterocycles. The Labute approximate surface area is 120 Å². The predicted molar refractivity (Wildman–Crippen MR) is 64.4 cm³/mol. The lowest BCUT2D eigenvalue weighted by Gasteiger charge is -2.17. The Kier molecular flexibility index (Phi) is 3.17. The van der Waals surface area contributed by atoms with Crippen LogP contribution < -0.4 is 5.32 Å². The number of aromatic nitrogens is 1. The van der Waals surface area contributed by atoms with Gasteiger partial charge in [0.1, 0.15) is 10.5 Å². The van der Waals surface area contributed by atoms with Crippen LogP contribution in [0.15, 0.2) is 5.38 Å². The Bertz CT molecular complexity index is 595. The summed E-state index contributed by atoms with van der Waals surface area (Å²) < 4.78 is 42.6. The molecule has 3 amide bonds. The molecule has 3 rings (SSSR count). The minimum absolute atomic E-state index is 0.0572. The Hall–Kier alpha value is -1.68. The quantitative estimate of drug-likeness (QED) is 0.835. The lowest BCUT2D eigenvalue weighted by atomic mass is 9.99. The molecule has 1 spiro atoms. The van der Waals surface area contributed by atoms with Crippen LogP contribution in [0.5, 0.6) is 0 Å². The second-order valence-corrected chi connectivity index (χ2v) is 5.77. The van der Waals surface area contributed by atoms with Crippen LogP contribution in [0.1, 0.15) is 17.1 Å². The van der Waals surface area contributed by atoms with E-state index < -0.39 is 29.3 Å². The van der Waals surface area contributed by atoms with Gasteiger partial charge in [-0.3, -0.25) is 9.69 Å². The van der Waals surface area contributed by atoms with Gasteiger partial charge in [0.25, 0.3) is 5.91 Å². The van der Waals surface area contributed by atoms with Crippen LogP contribution in [0.25, 0.3) is 0 Å². The van der Waals surface area contributed by atoms with Gasteiger partial charge >= 0.3 is 12.2 Å². The molecule has 6 nitrogen and oxygen atoms in total. The van der Waals surface area contributed by atoms with Crippen LogP contribution in [0, 0.1) is 0 Å². The van der Waals surface area contributed by atoms with Gasteiger partial charge in [-0.25, -0.2) is 9.78 Å². The van der Waals surface area contributed by atoms with Crippen LogP contribution in [0.4, 0.5) is 18.0 Å². The zero-order valence-corrected chi connectivity index (χ0v) is 11.4. The number of amides is 3. The second-order valence-electron chi connectivity index (χ2n) is 4.83. The summed E-state index contributed by atoms with van der Waals surface area (Å²) in [5, 5.41) is 3.47. The molecule has 0 saturated carbocycles. The maximum atomic E-state index is 12.5. The van der Waals surface area contributed by atoms with Crippen molar-refractivity contribution in [1.29, 1.82) is 0 Å². The number of nitrogens with zero attached hydrogens (tertiary/aromatic N) is 2. The van der Waals surface area contributed by atoms with Crippen molar-refractivity contribution in [3.8, 4) is 0 Å². The first kappa shape index (κ1) is 14.3. The van der Waals surface area contributed by atoms with Gasteiger partial charge < -0.3 is 10.1 Å². The number of nitrogens with one attached hydrogen (secondary N) is 1. The van der Waals surface area contributed by atoms with Crippen molar-refractivity contribution in [3.05, 3.63) is 16.1 Å². The van der Waals surface area contributed by atoms with E-state index in [0.717, 1.165) is 21.6 Å². The van der Waals surface area contributed by atoms with Gasteiger partial charge in [0.2, 0.25) is 0 Å². The number of ether oxygens (including phenoxy) is 1. The zero-order valence-electron chi connectivity index (χ0n) is 10.6. The second kappa shape index (κ2) is 4.67. The number of halogens is 3. The number of rotatable bonds is 2. The Morgan fingerprint density at radius 3 is 2.81 bits per heavy atom. The summed E-state index contributed by atoms with van der Waals surface area (Å²) in [6, 6.07) is -0.630. The number of thiazole rings is 1. The van der Waals surface area contributed by atoms with Crippen molar-refractivity contribution < 1.29 is 27.5 Å². The average molecular weight is 321 g/mol. The fraction of sp³-hybridized carbons (Fsp3) is 0.545. The molecule has 114 valence electrons. The first-order valence-electron chi connectivity index (χ1n) is 6.05. The van der Waals surface area contributed by atoms with Gasteiger partial charge in [0, 0.05) is 18.4 Å². The van der Waals surface area contributed by atoms with Crippen molar-refractivity contribution in [1.82, 2.24) is 15.2 Å². The van der Waals surface area contributed by atoms with E-state index in [9.17, 15) is 22.8 Å². The van der Waals surface area contributed by atoms with E-state index in [4.69, 9.17) is 4.74 Å². The van der Waals surface area contributed by atoms with Crippen molar-refractivity contribution in [2.24, 2.45) is 0 Å². The number of imide groups is 1. The standard InChI is InChI=1S/C11H10F3N3O3S/c12-11(13,14)6-4-21-7(15-6)3-17-8(18)10(16-9(17)19)1-2-20-5-10/h4H,1-3,5H2,(H,16,19). The number of alkyl halides is 3. The summed E-state index contributed by atoms with van der Waals surface area (Å²) in [6.07, 6.45) is -4.17. The lowest BCUT2D eigenvalue weighted by Crippen LogP contribution is -2.47. The highest BCUT2D eigenvalue weighted by Gasteiger charge is 2.53. The number of urea groups is 1. The number of hydrogen-bond donors (Lipinski definition) is 1. The van der Waals surface area contributed by atoms with Crippen LogP contribution in [0.3, 0.4) is 0 Å². The molecule has 2 fully saturated rings. The molecular formula is C11H10F3N3O3S. The molecular weight excluding hydrogens is 311 g/mol. The number of hydrogen-bond acceptors (Lipinski definition) is 5. The van der Waals surface area contributed by atoms with Gasteiger partial charge in [-0.15, -0.1) is 11.3 Å². The Morgan fingerprint density at radius 1 is 1.48 bits per heavy atom. The van der Waals surface area contributed by atoms with Crippen molar-refractivity contribution in [2.75, 3.05) is 13.2 Å². The minimum atomic E-state index is -4.54. The molecule has 1 aromatic heterocycles. The highest BCUT2D eigenvalue weighted by molar-refractivity contribution is 7.09. The van der Waals surface area contributed by atoms with Gasteiger partial charge in [-0.2, -0.15) is 13.2 Å². The third-order valence-electron chi connectivity index (χ3n) is 3.40. The molecule has 21 heavy (non-hydrogen) atoms.